The Morgan fingerprint density at radius 2 is 1.33 bits per heavy atom. The Hall–Kier alpha value is -0.790. The lowest BCUT2D eigenvalue weighted by Crippen LogP contribution is -2.08. The molecule has 124 valence electrons. The molecule has 0 aliphatic heterocycles. The number of hydrogen-bond acceptors (Lipinski definition) is 1. The van der Waals surface area contributed by atoms with Crippen LogP contribution in [0.1, 0.15) is 97.3 Å². The van der Waals surface area contributed by atoms with E-state index in [1.54, 1.807) is 6.92 Å². The predicted molar refractivity (Wildman–Crippen MR) is 91.6 cm³/mol. The maximum absolute atomic E-state index is 10.7. The molecule has 0 saturated carbocycles. The van der Waals surface area contributed by atoms with Crippen molar-refractivity contribution in [1.82, 2.24) is 0 Å². The molecular weight excluding hydrogens is 260 g/mol. The fourth-order valence-electron chi connectivity index (χ4n) is 2.47. The van der Waals surface area contributed by atoms with E-state index in [9.17, 15) is 4.79 Å². The SMILES string of the molecule is CCCCCCCC/C=C/CCCCCC[C@H](C)C(=O)O. The van der Waals surface area contributed by atoms with Crippen molar-refractivity contribution >= 4 is 5.97 Å². The van der Waals surface area contributed by atoms with Crippen LogP contribution in [0.25, 0.3) is 0 Å². The Morgan fingerprint density at radius 1 is 0.857 bits per heavy atom. The summed E-state index contributed by atoms with van der Waals surface area (Å²) in [6.45, 7) is 4.06. The Bertz CT molecular complexity index is 258. The molecule has 0 aromatic rings. The van der Waals surface area contributed by atoms with E-state index in [1.807, 2.05) is 0 Å². The lowest BCUT2D eigenvalue weighted by atomic mass is 10.0. The molecule has 0 rings (SSSR count). The van der Waals surface area contributed by atoms with Crippen molar-refractivity contribution in [3.05, 3.63) is 12.2 Å². The number of carbonyl (C=O) groups is 1. The third-order valence-electron chi connectivity index (χ3n) is 4.07. The van der Waals surface area contributed by atoms with Crippen LogP contribution in [-0.4, -0.2) is 11.1 Å². The van der Waals surface area contributed by atoms with Crippen molar-refractivity contribution < 1.29 is 9.90 Å². The fraction of sp³-hybridized carbons (Fsp3) is 0.842. The largest absolute Gasteiger partial charge is 0.481 e. The number of aliphatic carboxylic acids is 1. The molecule has 0 heterocycles. The summed E-state index contributed by atoms with van der Waals surface area (Å²) in [5.41, 5.74) is 0. The highest BCUT2D eigenvalue weighted by molar-refractivity contribution is 5.69. The number of hydrogen-bond donors (Lipinski definition) is 1. The minimum absolute atomic E-state index is 0.178. The van der Waals surface area contributed by atoms with E-state index >= 15 is 0 Å². The molecule has 2 nitrogen and oxygen atoms in total. The number of carboxylic acids is 1. The van der Waals surface area contributed by atoms with Gasteiger partial charge in [0, 0.05) is 0 Å². The number of carboxylic acid groups (broad SMARTS) is 1. The van der Waals surface area contributed by atoms with E-state index in [-0.39, 0.29) is 5.92 Å². The van der Waals surface area contributed by atoms with Crippen LogP contribution in [0.15, 0.2) is 12.2 Å². The van der Waals surface area contributed by atoms with Gasteiger partial charge < -0.3 is 5.11 Å². The summed E-state index contributed by atoms with van der Waals surface area (Å²) in [7, 11) is 0. The van der Waals surface area contributed by atoms with Gasteiger partial charge in [-0.15, -0.1) is 0 Å². The average Bonchev–Trinajstić information content (AvgIpc) is 2.47. The van der Waals surface area contributed by atoms with Gasteiger partial charge in [-0.1, -0.05) is 77.4 Å². The topological polar surface area (TPSA) is 37.3 Å². The lowest BCUT2D eigenvalue weighted by molar-refractivity contribution is -0.141. The standard InChI is InChI=1S/C19H36O2/c1-3-4-5-6-7-8-9-10-11-12-13-14-15-16-17-18(2)19(20)21/h10-11,18H,3-9,12-17H2,1-2H3,(H,20,21)/b11-10+/t18-/m0/s1. The van der Waals surface area contributed by atoms with E-state index in [4.69, 9.17) is 5.11 Å². The summed E-state index contributed by atoms with van der Waals surface area (Å²) >= 11 is 0. The second kappa shape index (κ2) is 15.6. The molecule has 21 heavy (non-hydrogen) atoms. The second-order valence-corrected chi connectivity index (χ2v) is 6.26. The smallest absolute Gasteiger partial charge is 0.306 e. The first-order valence-corrected chi connectivity index (χ1v) is 9.06. The van der Waals surface area contributed by atoms with Gasteiger partial charge in [0.15, 0.2) is 0 Å². The van der Waals surface area contributed by atoms with Gasteiger partial charge in [0.25, 0.3) is 0 Å². The molecule has 0 aliphatic rings. The summed E-state index contributed by atoms with van der Waals surface area (Å²) in [5, 5.41) is 8.78. The van der Waals surface area contributed by atoms with E-state index < -0.39 is 5.97 Å². The van der Waals surface area contributed by atoms with Crippen molar-refractivity contribution in [3.8, 4) is 0 Å². The molecular formula is C19H36O2. The summed E-state index contributed by atoms with van der Waals surface area (Å²) in [6.07, 6.45) is 20.8. The average molecular weight is 296 g/mol. The van der Waals surface area contributed by atoms with E-state index in [1.165, 1.54) is 70.6 Å². The maximum Gasteiger partial charge on any atom is 0.306 e. The van der Waals surface area contributed by atoms with Gasteiger partial charge in [-0.3, -0.25) is 4.79 Å². The Labute approximate surface area is 132 Å². The first kappa shape index (κ1) is 20.2. The molecule has 0 aromatic heterocycles. The summed E-state index contributed by atoms with van der Waals surface area (Å²) in [5.74, 6) is -0.838. The minimum Gasteiger partial charge on any atom is -0.481 e. The number of unbranched alkanes of at least 4 members (excludes halogenated alkanes) is 10. The summed E-state index contributed by atoms with van der Waals surface area (Å²) in [6, 6.07) is 0. The zero-order valence-corrected chi connectivity index (χ0v) is 14.3. The monoisotopic (exact) mass is 296 g/mol. The first-order chi connectivity index (χ1) is 10.2. The van der Waals surface area contributed by atoms with Crippen molar-refractivity contribution in [1.29, 1.82) is 0 Å². The molecule has 0 fully saturated rings. The molecule has 0 radical (unpaired) electrons. The molecule has 1 N–H and O–H groups in total. The molecule has 1 atom stereocenters. The molecule has 0 bridgehead atoms. The first-order valence-electron chi connectivity index (χ1n) is 9.06. The van der Waals surface area contributed by atoms with Gasteiger partial charge in [-0.05, 0) is 32.1 Å². The van der Waals surface area contributed by atoms with Crippen LogP contribution < -0.4 is 0 Å². The van der Waals surface area contributed by atoms with Crippen molar-refractivity contribution in [2.75, 3.05) is 0 Å². The van der Waals surface area contributed by atoms with E-state index in [0.29, 0.717) is 0 Å². The third kappa shape index (κ3) is 15.4. The van der Waals surface area contributed by atoms with Crippen LogP contribution in [0.3, 0.4) is 0 Å². The van der Waals surface area contributed by atoms with Gasteiger partial charge in [0.1, 0.15) is 0 Å². The van der Waals surface area contributed by atoms with Crippen LogP contribution >= 0.6 is 0 Å². The zero-order chi connectivity index (χ0) is 15.8. The Balaban J connectivity index is 3.17. The molecule has 0 aliphatic carbocycles. The normalized spacial score (nSPS) is 12.9. The minimum atomic E-state index is -0.660. The van der Waals surface area contributed by atoms with Crippen LogP contribution in [0.5, 0.6) is 0 Å². The van der Waals surface area contributed by atoms with Crippen LogP contribution in [0.2, 0.25) is 0 Å². The lowest BCUT2D eigenvalue weighted by Gasteiger charge is -2.04. The molecule has 0 amide bonds. The zero-order valence-electron chi connectivity index (χ0n) is 14.3. The van der Waals surface area contributed by atoms with Gasteiger partial charge in [-0.2, -0.15) is 0 Å². The summed E-state index contributed by atoms with van der Waals surface area (Å²) < 4.78 is 0. The molecule has 2 heteroatoms. The van der Waals surface area contributed by atoms with Crippen molar-refractivity contribution in [3.63, 3.8) is 0 Å². The van der Waals surface area contributed by atoms with Gasteiger partial charge in [-0.25, -0.2) is 0 Å². The highest BCUT2D eigenvalue weighted by Crippen LogP contribution is 2.12. The third-order valence-corrected chi connectivity index (χ3v) is 4.07. The van der Waals surface area contributed by atoms with Gasteiger partial charge >= 0.3 is 5.97 Å². The Morgan fingerprint density at radius 3 is 1.86 bits per heavy atom. The van der Waals surface area contributed by atoms with Crippen LogP contribution in [-0.2, 0) is 4.79 Å². The van der Waals surface area contributed by atoms with Crippen molar-refractivity contribution in [2.24, 2.45) is 5.92 Å². The molecule has 0 saturated heterocycles. The maximum atomic E-state index is 10.7. The number of rotatable bonds is 15. The van der Waals surface area contributed by atoms with Gasteiger partial charge in [0.2, 0.25) is 0 Å². The van der Waals surface area contributed by atoms with E-state index in [0.717, 1.165) is 12.8 Å². The van der Waals surface area contributed by atoms with E-state index in [2.05, 4.69) is 19.1 Å². The number of allylic oxidation sites excluding steroid dienone is 2. The predicted octanol–water partition coefficient (Wildman–Crippen LogP) is 6.35. The Kier molecular flexibility index (Phi) is 15.0. The second-order valence-electron chi connectivity index (χ2n) is 6.26. The highest BCUT2D eigenvalue weighted by atomic mass is 16.4. The fourth-order valence-corrected chi connectivity index (χ4v) is 2.47. The quantitative estimate of drug-likeness (QED) is 0.282. The van der Waals surface area contributed by atoms with Crippen LogP contribution in [0.4, 0.5) is 0 Å². The molecule has 0 spiro atoms. The van der Waals surface area contributed by atoms with Crippen molar-refractivity contribution in [2.45, 2.75) is 97.3 Å². The summed E-state index contributed by atoms with van der Waals surface area (Å²) in [4.78, 5) is 10.7. The highest BCUT2D eigenvalue weighted by Gasteiger charge is 2.09. The van der Waals surface area contributed by atoms with Crippen LogP contribution in [0, 0.1) is 5.92 Å². The van der Waals surface area contributed by atoms with Gasteiger partial charge in [0.05, 0.1) is 5.92 Å². The molecule has 0 aromatic carbocycles. The molecule has 0 unspecified atom stereocenters.